The molecule has 2 aliphatic rings. The van der Waals surface area contributed by atoms with Crippen molar-refractivity contribution in [1.82, 2.24) is 24.8 Å². The molecule has 0 aliphatic carbocycles. The molecule has 5 rings (SSSR count). The van der Waals surface area contributed by atoms with E-state index in [0.29, 0.717) is 30.4 Å². The molecule has 0 saturated carbocycles. The van der Waals surface area contributed by atoms with Gasteiger partial charge in [0.2, 0.25) is 0 Å². The molecule has 0 radical (unpaired) electrons. The summed E-state index contributed by atoms with van der Waals surface area (Å²) in [5.74, 6) is -1.61. The number of imidazole rings is 1. The van der Waals surface area contributed by atoms with Crippen molar-refractivity contribution in [3.05, 3.63) is 48.2 Å². The number of carbonyl (C=O) groups excluding carboxylic acids is 1. The number of nitrogens with one attached hydrogen (secondary N) is 1. The van der Waals surface area contributed by atoms with E-state index in [1.54, 1.807) is 19.3 Å². The molecule has 5 heterocycles. The van der Waals surface area contributed by atoms with Crippen molar-refractivity contribution < 1.29 is 22.7 Å². The molecule has 1 N–H and O–H groups in total. The van der Waals surface area contributed by atoms with Crippen LogP contribution in [-0.2, 0) is 4.74 Å². The first-order valence-electron chi connectivity index (χ1n) is 11.0. The Morgan fingerprint density at radius 2 is 1.91 bits per heavy atom. The summed E-state index contributed by atoms with van der Waals surface area (Å²) in [6, 6.07) is 5.76. The summed E-state index contributed by atoms with van der Waals surface area (Å²) in [5, 5.41) is 0. The molecule has 178 valence electrons. The number of alkyl halides is 3. The molecular weight excluding hydrogens is 449 g/mol. The second kappa shape index (κ2) is 8.71. The van der Waals surface area contributed by atoms with Gasteiger partial charge in [0.1, 0.15) is 11.4 Å². The number of hydrogen-bond donors (Lipinski definition) is 1. The van der Waals surface area contributed by atoms with Gasteiger partial charge in [0, 0.05) is 49.8 Å². The molecule has 8 nitrogen and oxygen atoms in total. The number of ether oxygens (including phenoxy) is 1. The van der Waals surface area contributed by atoms with Gasteiger partial charge in [-0.15, -0.1) is 0 Å². The van der Waals surface area contributed by atoms with Crippen LogP contribution >= 0.6 is 0 Å². The molecule has 11 heteroatoms. The first-order chi connectivity index (χ1) is 16.3. The molecule has 2 saturated heterocycles. The van der Waals surface area contributed by atoms with E-state index < -0.39 is 18.0 Å². The van der Waals surface area contributed by atoms with Crippen molar-refractivity contribution in [2.45, 2.75) is 13.1 Å². The highest BCUT2D eigenvalue weighted by Gasteiger charge is 2.49. The van der Waals surface area contributed by atoms with Gasteiger partial charge in [-0.3, -0.25) is 14.8 Å². The van der Waals surface area contributed by atoms with Gasteiger partial charge in [-0.1, -0.05) is 0 Å². The number of aromatic nitrogens is 4. The maximum Gasteiger partial charge on any atom is 0.395 e. The van der Waals surface area contributed by atoms with Crippen LogP contribution in [0, 0.1) is 12.8 Å². The maximum atomic E-state index is 12.8. The molecule has 0 atom stereocenters. The Bertz CT molecular complexity index is 1200. The fourth-order valence-corrected chi connectivity index (χ4v) is 4.11. The topological polar surface area (TPSA) is 87.2 Å². The Kier molecular flexibility index (Phi) is 5.72. The number of rotatable bonds is 4. The second-order valence-electron chi connectivity index (χ2n) is 8.47. The molecule has 0 unspecified atom stereocenters. The van der Waals surface area contributed by atoms with Gasteiger partial charge in [0.05, 0.1) is 31.0 Å². The number of aryl methyl sites for hydroxylation is 1. The highest BCUT2D eigenvalue weighted by Crippen LogP contribution is 2.34. The first kappa shape index (κ1) is 22.3. The minimum absolute atomic E-state index is 0.110. The summed E-state index contributed by atoms with van der Waals surface area (Å²) >= 11 is 0. The number of anilines is 1. The van der Waals surface area contributed by atoms with E-state index in [1.807, 2.05) is 18.3 Å². The summed E-state index contributed by atoms with van der Waals surface area (Å²) in [6.45, 7) is 3.94. The van der Waals surface area contributed by atoms with E-state index in [9.17, 15) is 18.0 Å². The standard InChI is InChI=1S/C23H23F3N6O2/c1-14-20(22(33)32-12-17(13-32)23(24,25)26)30-21(29-14)19-9-15(2-3-28-19)16-8-18(11-27-10-16)31-4-6-34-7-5-31/h2-3,8-11,17H,4-7,12-13H2,1H3,(H,29,30). The summed E-state index contributed by atoms with van der Waals surface area (Å²) in [5.41, 5.74) is 3.91. The van der Waals surface area contributed by atoms with E-state index in [1.165, 1.54) is 0 Å². The predicted molar refractivity (Wildman–Crippen MR) is 118 cm³/mol. The highest BCUT2D eigenvalue weighted by atomic mass is 19.4. The maximum absolute atomic E-state index is 12.8. The molecule has 34 heavy (non-hydrogen) atoms. The lowest BCUT2D eigenvalue weighted by atomic mass is 9.99. The zero-order chi connectivity index (χ0) is 23.9. The molecule has 3 aromatic heterocycles. The van der Waals surface area contributed by atoms with Crippen LogP contribution in [0.3, 0.4) is 0 Å². The number of amides is 1. The Hall–Kier alpha value is -3.47. The fraction of sp³-hybridized carbons (Fsp3) is 0.391. The van der Waals surface area contributed by atoms with Crippen LogP contribution < -0.4 is 4.90 Å². The number of pyridine rings is 2. The minimum atomic E-state index is -4.29. The summed E-state index contributed by atoms with van der Waals surface area (Å²) < 4.78 is 43.7. The lowest BCUT2D eigenvalue weighted by Gasteiger charge is -2.39. The Balaban J connectivity index is 1.36. The quantitative estimate of drug-likeness (QED) is 0.627. The van der Waals surface area contributed by atoms with Gasteiger partial charge in [-0.05, 0) is 30.7 Å². The van der Waals surface area contributed by atoms with Crippen molar-refractivity contribution in [3.8, 4) is 22.6 Å². The molecule has 2 aliphatic heterocycles. The van der Waals surface area contributed by atoms with Crippen LogP contribution in [0.1, 0.15) is 16.2 Å². The van der Waals surface area contributed by atoms with E-state index in [2.05, 4.69) is 30.9 Å². The SMILES string of the molecule is Cc1[nH]c(-c2cc(-c3cncc(N4CCOCC4)c3)ccn2)nc1C(=O)N1CC(C(F)(F)F)C1. The third-order valence-electron chi connectivity index (χ3n) is 6.15. The van der Waals surface area contributed by atoms with Crippen molar-refractivity contribution in [1.29, 1.82) is 0 Å². The molecule has 0 bridgehead atoms. The largest absolute Gasteiger partial charge is 0.395 e. The van der Waals surface area contributed by atoms with E-state index in [4.69, 9.17) is 4.74 Å². The van der Waals surface area contributed by atoms with Crippen LogP contribution in [0.2, 0.25) is 0 Å². The summed E-state index contributed by atoms with van der Waals surface area (Å²) in [7, 11) is 0. The number of morpholine rings is 1. The van der Waals surface area contributed by atoms with Crippen LogP contribution in [0.5, 0.6) is 0 Å². The number of nitrogens with zero attached hydrogens (tertiary/aromatic N) is 5. The number of H-pyrrole nitrogens is 1. The fourth-order valence-electron chi connectivity index (χ4n) is 4.11. The van der Waals surface area contributed by atoms with Crippen LogP contribution in [0.4, 0.5) is 18.9 Å². The molecule has 2 fully saturated rings. The highest BCUT2D eigenvalue weighted by molar-refractivity contribution is 5.94. The van der Waals surface area contributed by atoms with Gasteiger partial charge >= 0.3 is 6.18 Å². The average Bonchev–Trinajstić information content (AvgIpc) is 3.19. The first-order valence-corrected chi connectivity index (χ1v) is 11.0. The predicted octanol–water partition coefficient (Wildman–Crippen LogP) is 3.31. The lowest BCUT2D eigenvalue weighted by Crippen LogP contribution is -2.55. The monoisotopic (exact) mass is 472 g/mol. The van der Waals surface area contributed by atoms with Gasteiger partial charge < -0.3 is 19.5 Å². The Labute approximate surface area is 193 Å². The third kappa shape index (κ3) is 4.35. The number of likely N-dealkylation sites (tertiary alicyclic amines) is 1. The Morgan fingerprint density at radius 1 is 1.15 bits per heavy atom. The molecule has 1 amide bonds. The number of carbonyl (C=O) groups is 1. The zero-order valence-electron chi connectivity index (χ0n) is 18.5. The smallest absolute Gasteiger partial charge is 0.378 e. The van der Waals surface area contributed by atoms with Crippen LogP contribution in [0.15, 0.2) is 36.8 Å². The molecule has 3 aromatic rings. The van der Waals surface area contributed by atoms with Crippen molar-refractivity contribution >= 4 is 11.6 Å². The molecule has 0 aromatic carbocycles. The average molecular weight is 472 g/mol. The van der Waals surface area contributed by atoms with Crippen LogP contribution in [-0.4, -0.2) is 76.3 Å². The third-order valence-corrected chi connectivity index (χ3v) is 6.15. The molecular formula is C23H23F3N6O2. The van der Waals surface area contributed by atoms with Gasteiger partial charge in [0.15, 0.2) is 5.82 Å². The van der Waals surface area contributed by atoms with E-state index in [-0.39, 0.29) is 18.8 Å². The van der Waals surface area contributed by atoms with Crippen molar-refractivity contribution in [2.24, 2.45) is 5.92 Å². The summed E-state index contributed by atoms with van der Waals surface area (Å²) in [4.78, 5) is 32.2. The number of aromatic amines is 1. The lowest BCUT2D eigenvalue weighted by molar-refractivity contribution is -0.202. The van der Waals surface area contributed by atoms with Crippen LogP contribution in [0.25, 0.3) is 22.6 Å². The van der Waals surface area contributed by atoms with Gasteiger partial charge in [-0.2, -0.15) is 13.2 Å². The summed E-state index contributed by atoms with van der Waals surface area (Å²) in [6.07, 6.45) is 0.950. The van der Waals surface area contributed by atoms with Gasteiger partial charge in [0.25, 0.3) is 5.91 Å². The van der Waals surface area contributed by atoms with Crippen molar-refractivity contribution in [2.75, 3.05) is 44.3 Å². The van der Waals surface area contributed by atoms with E-state index in [0.717, 1.165) is 34.8 Å². The number of hydrogen-bond acceptors (Lipinski definition) is 6. The van der Waals surface area contributed by atoms with Gasteiger partial charge in [-0.25, -0.2) is 4.98 Å². The molecule has 0 spiro atoms. The normalized spacial score (nSPS) is 17.1. The number of halogens is 3. The minimum Gasteiger partial charge on any atom is -0.378 e. The zero-order valence-corrected chi connectivity index (χ0v) is 18.5. The second-order valence-corrected chi connectivity index (χ2v) is 8.47. The van der Waals surface area contributed by atoms with E-state index >= 15 is 0 Å². The Morgan fingerprint density at radius 3 is 2.65 bits per heavy atom. The van der Waals surface area contributed by atoms with Crippen molar-refractivity contribution in [3.63, 3.8) is 0 Å².